The molecule has 0 aromatic heterocycles. The summed E-state index contributed by atoms with van der Waals surface area (Å²) in [7, 11) is 1.30. The molecule has 1 aromatic carbocycles. The van der Waals surface area contributed by atoms with E-state index in [0.29, 0.717) is 6.42 Å². The highest BCUT2D eigenvalue weighted by Gasteiger charge is 2.25. The number of alkyl carbamates (subject to hydrolysis) is 1. The highest BCUT2D eigenvalue weighted by molar-refractivity contribution is 5.81. The molecule has 1 aromatic rings. The van der Waals surface area contributed by atoms with E-state index in [4.69, 9.17) is 9.47 Å². The number of hydrogen-bond acceptors (Lipinski definition) is 5. The second kappa shape index (κ2) is 10.7. The third kappa shape index (κ3) is 8.74. The van der Waals surface area contributed by atoms with Crippen molar-refractivity contribution in [3.63, 3.8) is 0 Å². The minimum atomic E-state index is -0.793. The van der Waals surface area contributed by atoms with Gasteiger partial charge in [0.15, 0.2) is 0 Å². The van der Waals surface area contributed by atoms with Crippen molar-refractivity contribution in [2.75, 3.05) is 19.0 Å². The molecule has 0 spiro atoms. The van der Waals surface area contributed by atoms with Gasteiger partial charge in [-0.25, -0.2) is 9.59 Å². The van der Waals surface area contributed by atoms with Crippen LogP contribution in [0.25, 0.3) is 0 Å². The van der Waals surface area contributed by atoms with E-state index in [1.807, 2.05) is 24.3 Å². The van der Waals surface area contributed by atoms with Gasteiger partial charge in [0.2, 0.25) is 0 Å². The number of benzene rings is 1. The first kappa shape index (κ1) is 21.8. The number of carbonyl (C=O) groups excluding carboxylic acids is 2. The number of amides is 1. The van der Waals surface area contributed by atoms with E-state index in [0.717, 1.165) is 24.2 Å². The van der Waals surface area contributed by atoms with Crippen molar-refractivity contribution in [2.24, 2.45) is 0 Å². The summed E-state index contributed by atoms with van der Waals surface area (Å²) < 4.78 is 10.0. The molecule has 0 heterocycles. The van der Waals surface area contributed by atoms with Crippen molar-refractivity contribution in [3.05, 3.63) is 29.8 Å². The first-order valence-electron chi connectivity index (χ1n) is 9.15. The Morgan fingerprint density at radius 1 is 1.12 bits per heavy atom. The zero-order valence-electron chi connectivity index (χ0n) is 16.6. The van der Waals surface area contributed by atoms with Crippen LogP contribution in [0.5, 0.6) is 0 Å². The lowest BCUT2D eigenvalue weighted by molar-refractivity contribution is -0.143. The second-order valence-corrected chi connectivity index (χ2v) is 7.26. The Morgan fingerprint density at radius 2 is 1.77 bits per heavy atom. The molecule has 0 saturated heterocycles. The topological polar surface area (TPSA) is 76.7 Å². The van der Waals surface area contributed by atoms with Gasteiger partial charge < -0.3 is 20.1 Å². The molecule has 1 rings (SSSR count). The van der Waals surface area contributed by atoms with E-state index in [2.05, 4.69) is 17.6 Å². The van der Waals surface area contributed by atoms with Gasteiger partial charge >= 0.3 is 12.1 Å². The van der Waals surface area contributed by atoms with Crippen LogP contribution in [0.4, 0.5) is 10.5 Å². The predicted molar refractivity (Wildman–Crippen MR) is 103 cm³/mol. The van der Waals surface area contributed by atoms with Crippen LogP contribution in [-0.2, 0) is 20.7 Å². The van der Waals surface area contributed by atoms with Crippen molar-refractivity contribution in [1.29, 1.82) is 0 Å². The Balaban J connectivity index is 2.64. The van der Waals surface area contributed by atoms with Gasteiger partial charge in [0.05, 0.1) is 7.11 Å². The summed E-state index contributed by atoms with van der Waals surface area (Å²) in [6.07, 6.45) is 3.24. The molecule has 0 fully saturated rings. The van der Waals surface area contributed by atoms with Gasteiger partial charge in [-0.3, -0.25) is 0 Å². The third-order valence-electron chi connectivity index (χ3n) is 3.68. The normalized spacial score (nSPS) is 12.2. The number of ether oxygens (including phenoxy) is 2. The Bertz CT molecular complexity index is 564. The maximum atomic E-state index is 12.0. The summed E-state index contributed by atoms with van der Waals surface area (Å²) in [6.45, 7) is 8.43. The first-order chi connectivity index (χ1) is 12.2. The SMILES string of the molecule is CCCCCNc1ccc(C[C@@H](NC(=O)OC(C)(C)C)C(=O)OC)cc1. The summed E-state index contributed by atoms with van der Waals surface area (Å²) in [5.74, 6) is -0.502. The lowest BCUT2D eigenvalue weighted by atomic mass is 10.1. The van der Waals surface area contributed by atoms with Crippen molar-refractivity contribution >= 4 is 17.7 Å². The van der Waals surface area contributed by atoms with Crippen LogP contribution in [0, 0.1) is 0 Å². The third-order valence-corrected chi connectivity index (χ3v) is 3.68. The van der Waals surface area contributed by atoms with Crippen LogP contribution < -0.4 is 10.6 Å². The van der Waals surface area contributed by atoms with E-state index in [1.54, 1.807) is 20.8 Å². The number of carbonyl (C=O) groups is 2. The van der Waals surface area contributed by atoms with Gasteiger partial charge in [-0.05, 0) is 44.9 Å². The van der Waals surface area contributed by atoms with E-state index in [-0.39, 0.29) is 0 Å². The first-order valence-corrected chi connectivity index (χ1v) is 9.15. The maximum Gasteiger partial charge on any atom is 0.408 e. The molecule has 0 radical (unpaired) electrons. The molecule has 0 aliphatic carbocycles. The van der Waals surface area contributed by atoms with Crippen molar-refractivity contribution in [2.45, 2.75) is 65.0 Å². The molecule has 0 unspecified atom stereocenters. The highest BCUT2D eigenvalue weighted by Crippen LogP contribution is 2.13. The molecule has 0 bridgehead atoms. The summed E-state index contributed by atoms with van der Waals surface area (Å²) in [5, 5.41) is 5.95. The van der Waals surface area contributed by atoms with E-state index in [9.17, 15) is 9.59 Å². The van der Waals surface area contributed by atoms with Crippen molar-refractivity contribution in [3.8, 4) is 0 Å². The largest absolute Gasteiger partial charge is 0.467 e. The molecular weight excluding hydrogens is 332 g/mol. The summed E-state index contributed by atoms with van der Waals surface area (Å²) in [4.78, 5) is 23.9. The van der Waals surface area contributed by atoms with Crippen molar-refractivity contribution in [1.82, 2.24) is 5.32 Å². The molecule has 6 heteroatoms. The number of rotatable bonds is 9. The highest BCUT2D eigenvalue weighted by atomic mass is 16.6. The minimum absolute atomic E-state index is 0.335. The fourth-order valence-electron chi connectivity index (χ4n) is 2.39. The van der Waals surface area contributed by atoms with Gasteiger partial charge in [-0.15, -0.1) is 0 Å². The average molecular weight is 364 g/mol. The van der Waals surface area contributed by atoms with E-state index >= 15 is 0 Å². The number of esters is 1. The van der Waals surface area contributed by atoms with Crippen LogP contribution >= 0.6 is 0 Å². The smallest absolute Gasteiger partial charge is 0.408 e. The average Bonchev–Trinajstić information content (AvgIpc) is 2.57. The molecule has 146 valence electrons. The Hall–Kier alpha value is -2.24. The lowest BCUT2D eigenvalue weighted by Gasteiger charge is -2.22. The van der Waals surface area contributed by atoms with Gasteiger partial charge in [-0.1, -0.05) is 31.9 Å². The lowest BCUT2D eigenvalue weighted by Crippen LogP contribution is -2.45. The molecule has 26 heavy (non-hydrogen) atoms. The molecule has 6 nitrogen and oxygen atoms in total. The monoisotopic (exact) mass is 364 g/mol. The van der Waals surface area contributed by atoms with Crippen molar-refractivity contribution < 1.29 is 19.1 Å². The van der Waals surface area contributed by atoms with Crippen LogP contribution in [0.1, 0.15) is 52.5 Å². The van der Waals surface area contributed by atoms with Crippen LogP contribution in [0.2, 0.25) is 0 Å². The van der Waals surface area contributed by atoms with Gasteiger partial charge in [0.1, 0.15) is 11.6 Å². The predicted octanol–water partition coefficient (Wildman–Crippen LogP) is 3.90. The molecule has 2 N–H and O–H groups in total. The van der Waals surface area contributed by atoms with Gasteiger partial charge in [0, 0.05) is 18.7 Å². The van der Waals surface area contributed by atoms with E-state index < -0.39 is 23.7 Å². The van der Waals surface area contributed by atoms with E-state index in [1.165, 1.54) is 20.0 Å². The molecule has 0 saturated carbocycles. The molecule has 1 amide bonds. The van der Waals surface area contributed by atoms with Crippen LogP contribution in [-0.4, -0.2) is 37.4 Å². The standard InChI is InChI=1S/C20H32N2O4/c1-6-7-8-13-21-16-11-9-15(10-12-16)14-17(18(23)25-5)22-19(24)26-20(2,3)4/h9-12,17,21H,6-8,13-14H2,1-5H3,(H,22,24)/t17-/m1/s1. The quantitative estimate of drug-likeness (QED) is 0.513. The number of unbranched alkanes of at least 4 members (excludes halogenated alkanes) is 2. The number of methoxy groups -OCH3 is 1. The minimum Gasteiger partial charge on any atom is -0.467 e. The number of hydrogen-bond donors (Lipinski definition) is 2. The fourth-order valence-corrected chi connectivity index (χ4v) is 2.39. The Labute approximate surface area is 156 Å². The summed E-state index contributed by atoms with van der Waals surface area (Å²) >= 11 is 0. The van der Waals surface area contributed by atoms with Crippen LogP contribution in [0.3, 0.4) is 0 Å². The zero-order valence-corrected chi connectivity index (χ0v) is 16.6. The number of nitrogens with one attached hydrogen (secondary N) is 2. The van der Waals surface area contributed by atoms with Gasteiger partial charge in [-0.2, -0.15) is 0 Å². The maximum absolute atomic E-state index is 12.0. The summed E-state index contributed by atoms with van der Waals surface area (Å²) in [5.41, 5.74) is 1.34. The zero-order chi connectivity index (χ0) is 19.6. The summed E-state index contributed by atoms with van der Waals surface area (Å²) in [6, 6.07) is 7.04. The second-order valence-electron chi connectivity index (χ2n) is 7.26. The van der Waals surface area contributed by atoms with Gasteiger partial charge in [0.25, 0.3) is 0 Å². The molecule has 0 aliphatic heterocycles. The van der Waals surface area contributed by atoms with Crippen LogP contribution in [0.15, 0.2) is 24.3 Å². The Morgan fingerprint density at radius 3 is 2.31 bits per heavy atom. The fraction of sp³-hybridized carbons (Fsp3) is 0.600. The molecular formula is C20H32N2O4. The Kier molecular flexibility index (Phi) is 8.96. The molecule has 0 aliphatic rings. The number of anilines is 1. The molecule has 1 atom stereocenters.